The zero-order valence-corrected chi connectivity index (χ0v) is 12.2. The monoisotopic (exact) mass is 304 g/mol. The Balaban J connectivity index is 1.89. The van der Waals surface area contributed by atoms with Gasteiger partial charge in [0.15, 0.2) is 0 Å². The number of benzene rings is 1. The van der Waals surface area contributed by atoms with Crippen molar-refractivity contribution >= 4 is 28.8 Å². The number of nitriles is 1. The SMILES string of the molecule is N#CC(C(=O)NCCc1ccc(Cl)s1)c1ccccc1. The minimum atomic E-state index is -0.761. The van der Waals surface area contributed by atoms with Gasteiger partial charge in [0.1, 0.15) is 5.92 Å². The number of amides is 1. The van der Waals surface area contributed by atoms with Gasteiger partial charge >= 0.3 is 0 Å². The fourth-order valence-corrected chi connectivity index (χ4v) is 2.91. The summed E-state index contributed by atoms with van der Waals surface area (Å²) >= 11 is 7.34. The van der Waals surface area contributed by atoms with Crippen LogP contribution in [0.25, 0.3) is 0 Å². The van der Waals surface area contributed by atoms with Gasteiger partial charge in [0.2, 0.25) is 5.91 Å². The number of thiophene rings is 1. The molecule has 0 radical (unpaired) electrons. The second kappa shape index (κ2) is 7.09. The van der Waals surface area contributed by atoms with Crippen LogP contribution in [0.1, 0.15) is 16.4 Å². The molecule has 3 nitrogen and oxygen atoms in total. The molecule has 1 atom stereocenters. The molecule has 0 aliphatic rings. The minimum absolute atomic E-state index is 0.263. The van der Waals surface area contributed by atoms with Crippen LogP contribution in [0.4, 0.5) is 0 Å². The Kier molecular flexibility index (Phi) is 5.16. The van der Waals surface area contributed by atoms with E-state index in [0.29, 0.717) is 12.1 Å². The molecule has 0 saturated carbocycles. The molecule has 20 heavy (non-hydrogen) atoms. The Morgan fingerprint density at radius 3 is 2.65 bits per heavy atom. The topological polar surface area (TPSA) is 52.9 Å². The molecular formula is C15H13ClN2OS. The standard InChI is InChI=1S/C15H13ClN2OS/c16-14-7-6-12(20-14)8-9-18-15(19)13(10-17)11-4-2-1-3-5-11/h1-7,13H,8-9H2,(H,18,19). The van der Waals surface area contributed by atoms with E-state index in [4.69, 9.17) is 16.9 Å². The van der Waals surface area contributed by atoms with E-state index >= 15 is 0 Å². The van der Waals surface area contributed by atoms with Gasteiger partial charge < -0.3 is 5.32 Å². The second-order valence-electron chi connectivity index (χ2n) is 4.22. The third kappa shape index (κ3) is 3.83. The molecule has 1 heterocycles. The van der Waals surface area contributed by atoms with Crippen molar-refractivity contribution in [3.63, 3.8) is 0 Å². The quantitative estimate of drug-likeness (QED) is 0.921. The molecule has 2 aromatic rings. The van der Waals surface area contributed by atoms with E-state index in [2.05, 4.69) is 5.32 Å². The highest BCUT2D eigenvalue weighted by Crippen LogP contribution is 2.21. The lowest BCUT2D eigenvalue weighted by atomic mass is 10.00. The lowest BCUT2D eigenvalue weighted by Gasteiger charge is -2.10. The van der Waals surface area contributed by atoms with E-state index in [-0.39, 0.29) is 5.91 Å². The van der Waals surface area contributed by atoms with Gasteiger partial charge in [0, 0.05) is 11.4 Å². The molecule has 0 bridgehead atoms. The predicted octanol–water partition coefficient (Wildman–Crippen LogP) is 3.37. The van der Waals surface area contributed by atoms with E-state index in [9.17, 15) is 4.79 Å². The number of hydrogen-bond donors (Lipinski definition) is 1. The number of nitrogens with one attached hydrogen (secondary N) is 1. The largest absolute Gasteiger partial charge is 0.354 e. The first kappa shape index (κ1) is 14.6. The van der Waals surface area contributed by atoms with Crippen LogP contribution in [0.15, 0.2) is 42.5 Å². The summed E-state index contributed by atoms with van der Waals surface area (Å²) in [6, 6.07) is 14.9. The highest BCUT2D eigenvalue weighted by atomic mass is 35.5. The third-order valence-corrected chi connectivity index (χ3v) is 4.11. The zero-order chi connectivity index (χ0) is 14.4. The van der Waals surface area contributed by atoms with Crippen LogP contribution in [0.3, 0.4) is 0 Å². The summed E-state index contributed by atoms with van der Waals surface area (Å²) in [5, 5.41) is 11.9. The van der Waals surface area contributed by atoms with Gasteiger partial charge in [0.05, 0.1) is 10.4 Å². The number of rotatable bonds is 5. The number of hydrogen-bond acceptors (Lipinski definition) is 3. The van der Waals surface area contributed by atoms with E-state index < -0.39 is 5.92 Å². The summed E-state index contributed by atoms with van der Waals surface area (Å²) < 4.78 is 0.741. The summed E-state index contributed by atoms with van der Waals surface area (Å²) in [5.41, 5.74) is 0.715. The van der Waals surface area contributed by atoms with Crippen LogP contribution in [0.5, 0.6) is 0 Å². The zero-order valence-electron chi connectivity index (χ0n) is 10.7. The Morgan fingerprint density at radius 1 is 1.30 bits per heavy atom. The van der Waals surface area contributed by atoms with Gasteiger partial charge in [-0.25, -0.2) is 0 Å². The molecule has 0 aliphatic carbocycles. The Bertz CT molecular complexity index is 618. The van der Waals surface area contributed by atoms with Gasteiger partial charge in [-0.15, -0.1) is 11.3 Å². The predicted molar refractivity (Wildman–Crippen MR) is 80.8 cm³/mol. The number of carbonyl (C=O) groups excluding carboxylic acids is 1. The first-order valence-electron chi connectivity index (χ1n) is 6.17. The van der Waals surface area contributed by atoms with Crippen LogP contribution in [0, 0.1) is 11.3 Å². The average Bonchev–Trinajstić information content (AvgIpc) is 2.86. The molecule has 1 amide bonds. The van der Waals surface area contributed by atoms with E-state index in [1.807, 2.05) is 36.4 Å². The molecular weight excluding hydrogens is 292 g/mol. The number of carbonyl (C=O) groups is 1. The fraction of sp³-hybridized carbons (Fsp3) is 0.200. The Morgan fingerprint density at radius 2 is 2.05 bits per heavy atom. The summed E-state index contributed by atoms with van der Waals surface area (Å²) in [4.78, 5) is 13.1. The van der Waals surface area contributed by atoms with Crippen molar-refractivity contribution in [1.29, 1.82) is 5.26 Å². The average molecular weight is 305 g/mol. The van der Waals surface area contributed by atoms with Crippen molar-refractivity contribution in [3.8, 4) is 6.07 Å². The first-order valence-corrected chi connectivity index (χ1v) is 7.36. The van der Waals surface area contributed by atoms with Crippen LogP contribution < -0.4 is 5.32 Å². The molecule has 0 fully saturated rings. The molecule has 0 spiro atoms. The summed E-state index contributed by atoms with van der Waals surface area (Å²) in [5.74, 6) is -1.02. The highest BCUT2D eigenvalue weighted by molar-refractivity contribution is 7.16. The molecule has 5 heteroatoms. The van der Waals surface area contributed by atoms with Crippen molar-refractivity contribution in [2.45, 2.75) is 12.3 Å². The van der Waals surface area contributed by atoms with E-state index in [1.165, 1.54) is 11.3 Å². The van der Waals surface area contributed by atoms with Crippen LogP contribution in [0.2, 0.25) is 4.34 Å². The first-order chi connectivity index (χ1) is 9.70. The lowest BCUT2D eigenvalue weighted by Crippen LogP contribution is -2.30. The maximum atomic E-state index is 12.0. The molecule has 2 rings (SSSR count). The normalized spacial score (nSPS) is 11.6. The summed E-state index contributed by atoms with van der Waals surface area (Å²) in [6.07, 6.45) is 0.718. The van der Waals surface area contributed by atoms with Crippen LogP contribution in [-0.4, -0.2) is 12.5 Å². The number of nitrogens with zero attached hydrogens (tertiary/aromatic N) is 1. The molecule has 0 aliphatic heterocycles. The maximum Gasteiger partial charge on any atom is 0.241 e. The maximum absolute atomic E-state index is 12.0. The van der Waals surface area contributed by atoms with Crippen molar-refractivity contribution in [3.05, 3.63) is 57.2 Å². The van der Waals surface area contributed by atoms with Gasteiger partial charge in [-0.1, -0.05) is 41.9 Å². The second-order valence-corrected chi connectivity index (χ2v) is 6.02. The molecule has 1 aromatic heterocycles. The van der Waals surface area contributed by atoms with Crippen LogP contribution in [-0.2, 0) is 11.2 Å². The fourth-order valence-electron chi connectivity index (χ4n) is 1.83. The van der Waals surface area contributed by atoms with E-state index in [0.717, 1.165) is 15.6 Å². The van der Waals surface area contributed by atoms with Crippen molar-refractivity contribution in [2.24, 2.45) is 0 Å². The highest BCUT2D eigenvalue weighted by Gasteiger charge is 2.19. The Labute approximate surface area is 126 Å². The van der Waals surface area contributed by atoms with Gasteiger partial charge in [-0.3, -0.25) is 4.79 Å². The summed E-state index contributed by atoms with van der Waals surface area (Å²) in [6.45, 7) is 0.501. The van der Waals surface area contributed by atoms with Crippen molar-refractivity contribution in [1.82, 2.24) is 5.32 Å². The molecule has 0 saturated heterocycles. The minimum Gasteiger partial charge on any atom is -0.354 e. The van der Waals surface area contributed by atoms with Crippen molar-refractivity contribution < 1.29 is 4.79 Å². The van der Waals surface area contributed by atoms with Gasteiger partial charge in [-0.05, 0) is 24.1 Å². The molecule has 1 aromatic carbocycles. The number of halogens is 1. The van der Waals surface area contributed by atoms with Crippen molar-refractivity contribution in [2.75, 3.05) is 6.54 Å². The molecule has 102 valence electrons. The van der Waals surface area contributed by atoms with E-state index in [1.54, 1.807) is 12.1 Å². The molecule has 1 N–H and O–H groups in total. The lowest BCUT2D eigenvalue weighted by molar-refractivity contribution is -0.121. The van der Waals surface area contributed by atoms with Crippen LogP contribution >= 0.6 is 22.9 Å². The van der Waals surface area contributed by atoms with Gasteiger partial charge in [-0.2, -0.15) is 5.26 Å². The summed E-state index contributed by atoms with van der Waals surface area (Å²) in [7, 11) is 0. The Hall–Kier alpha value is -1.83. The smallest absolute Gasteiger partial charge is 0.241 e. The van der Waals surface area contributed by atoms with Gasteiger partial charge in [0.25, 0.3) is 0 Å². The third-order valence-electron chi connectivity index (χ3n) is 2.82. The molecule has 1 unspecified atom stereocenters.